The van der Waals surface area contributed by atoms with E-state index in [0.717, 1.165) is 11.3 Å². The Kier molecular flexibility index (Phi) is 2.88. The van der Waals surface area contributed by atoms with Crippen LogP contribution in [-0.2, 0) is 15.3 Å². The Balaban J connectivity index is 2.24. The van der Waals surface area contributed by atoms with Gasteiger partial charge in [-0.3, -0.25) is 4.79 Å². The fourth-order valence-corrected chi connectivity index (χ4v) is 4.53. The summed E-state index contributed by atoms with van der Waals surface area (Å²) in [7, 11) is -2.85. The van der Waals surface area contributed by atoms with Crippen molar-refractivity contribution in [1.82, 2.24) is 4.98 Å². The number of aromatic nitrogens is 1. The molecule has 1 aliphatic rings. The summed E-state index contributed by atoms with van der Waals surface area (Å²) in [5.41, 5.74) is 0.256. The number of thiazole rings is 1. The number of aldehydes is 1. The van der Waals surface area contributed by atoms with Crippen LogP contribution in [0.3, 0.4) is 0 Å². The lowest BCUT2D eigenvalue weighted by atomic mass is 9.85. The van der Waals surface area contributed by atoms with Crippen LogP contribution in [0.2, 0.25) is 0 Å². The van der Waals surface area contributed by atoms with Crippen LogP contribution in [0.25, 0.3) is 0 Å². The molecule has 1 saturated heterocycles. The zero-order valence-electron chi connectivity index (χ0n) is 8.97. The highest BCUT2D eigenvalue weighted by molar-refractivity contribution is 7.91. The van der Waals surface area contributed by atoms with Crippen molar-refractivity contribution >= 4 is 27.5 Å². The van der Waals surface area contributed by atoms with E-state index in [-0.39, 0.29) is 16.9 Å². The van der Waals surface area contributed by atoms with Crippen molar-refractivity contribution in [2.75, 3.05) is 11.5 Å². The van der Waals surface area contributed by atoms with Gasteiger partial charge in [0.2, 0.25) is 0 Å². The van der Waals surface area contributed by atoms with E-state index in [1.165, 1.54) is 11.3 Å². The Hall–Kier alpha value is -0.750. The molecule has 1 aromatic heterocycles. The second-order valence-electron chi connectivity index (χ2n) is 4.41. The van der Waals surface area contributed by atoms with Gasteiger partial charge in [0.25, 0.3) is 0 Å². The maximum absolute atomic E-state index is 11.4. The molecular weight excluding hydrogens is 246 g/mol. The molecule has 0 amide bonds. The van der Waals surface area contributed by atoms with Crippen molar-refractivity contribution in [3.63, 3.8) is 0 Å². The third-order valence-corrected chi connectivity index (χ3v) is 5.91. The topological polar surface area (TPSA) is 64.1 Å². The molecule has 1 aliphatic heterocycles. The largest absolute Gasteiger partial charge is 0.296 e. The summed E-state index contributed by atoms with van der Waals surface area (Å²) >= 11 is 1.44. The lowest BCUT2D eigenvalue weighted by Crippen LogP contribution is -2.34. The van der Waals surface area contributed by atoms with Crippen molar-refractivity contribution in [1.29, 1.82) is 0 Å². The van der Waals surface area contributed by atoms with Crippen molar-refractivity contribution in [3.05, 3.63) is 16.1 Å². The highest BCUT2D eigenvalue weighted by Crippen LogP contribution is 2.37. The molecule has 0 N–H and O–H groups in total. The van der Waals surface area contributed by atoms with Crippen molar-refractivity contribution in [3.8, 4) is 0 Å². The number of carbonyl (C=O) groups is 1. The summed E-state index contributed by atoms with van der Waals surface area (Å²) in [6.07, 6.45) is 1.92. The Morgan fingerprint density at radius 1 is 1.44 bits per heavy atom. The Morgan fingerprint density at radius 2 is 2.06 bits per heavy atom. The van der Waals surface area contributed by atoms with E-state index in [4.69, 9.17) is 0 Å². The van der Waals surface area contributed by atoms with E-state index in [2.05, 4.69) is 4.98 Å². The van der Waals surface area contributed by atoms with Gasteiger partial charge in [-0.1, -0.05) is 6.92 Å². The average Bonchev–Trinajstić information content (AvgIpc) is 2.72. The summed E-state index contributed by atoms with van der Waals surface area (Å²) in [4.78, 5) is 14.8. The van der Waals surface area contributed by atoms with Gasteiger partial charge in [-0.05, 0) is 12.8 Å². The fourth-order valence-electron chi connectivity index (χ4n) is 1.82. The van der Waals surface area contributed by atoms with Crippen molar-refractivity contribution in [2.24, 2.45) is 0 Å². The normalized spacial score (nSPS) is 22.8. The molecule has 0 bridgehead atoms. The van der Waals surface area contributed by atoms with Crippen LogP contribution < -0.4 is 0 Å². The highest BCUT2D eigenvalue weighted by Gasteiger charge is 2.36. The Bertz CT molecular complexity index is 490. The number of rotatable bonds is 2. The quantitative estimate of drug-likeness (QED) is 0.754. The third-order valence-electron chi connectivity index (χ3n) is 3.09. The highest BCUT2D eigenvalue weighted by atomic mass is 32.2. The summed E-state index contributed by atoms with van der Waals surface area (Å²) in [5, 5.41) is 2.60. The van der Waals surface area contributed by atoms with Gasteiger partial charge in [-0.2, -0.15) is 0 Å². The first-order chi connectivity index (χ1) is 7.45. The van der Waals surface area contributed by atoms with Crippen LogP contribution in [0.1, 0.15) is 35.3 Å². The summed E-state index contributed by atoms with van der Waals surface area (Å²) in [5.74, 6) is 0.443. The number of hydrogen-bond acceptors (Lipinski definition) is 5. The fraction of sp³-hybridized carbons (Fsp3) is 0.600. The van der Waals surface area contributed by atoms with Gasteiger partial charge in [-0.15, -0.1) is 11.3 Å². The van der Waals surface area contributed by atoms with Crippen molar-refractivity contribution in [2.45, 2.75) is 25.2 Å². The predicted octanol–water partition coefficient (Wildman–Crippen LogP) is 1.42. The van der Waals surface area contributed by atoms with E-state index in [9.17, 15) is 13.2 Å². The van der Waals surface area contributed by atoms with Crippen LogP contribution in [0, 0.1) is 0 Å². The van der Waals surface area contributed by atoms with Gasteiger partial charge in [0.05, 0.1) is 16.5 Å². The molecule has 16 heavy (non-hydrogen) atoms. The minimum Gasteiger partial charge on any atom is -0.296 e. The maximum atomic E-state index is 11.4. The van der Waals surface area contributed by atoms with Crippen LogP contribution in [0.15, 0.2) is 5.38 Å². The van der Waals surface area contributed by atoms with Crippen LogP contribution in [-0.4, -0.2) is 31.2 Å². The van der Waals surface area contributed by atoms with Crippen LogP contribution in [0.4, 0.5) is 0 Å². The standard InChI is InChI=1S/C10H13NO3S2/c1-10(2-4-16(13,14)5-3-10)9-11-8(6-12)7-15-9/h6-7H,2-5H2,1H3. The van der Waals surface area contributed by atoms with Gasteiger partial charge < -0.3 is 0 Å². The number of carbonyl (C=O) groups excluding carboxylic acids is 1. The molecule has 88 valence electrons. The first kappa shape index (κ1) is 11.7. The maximum Gasteiger partial charge on any atom is 0.169 e. The second kappa shape index (κ2) is 3.92. The summed E-state index contributed by atoms with van der Waals surface area (Å²) in [6.45, 7) is 2.02. The van der Waals surface area contributed by atoms with Gasteiger partial charge in [-0.25, -0.2) is 13.4 Å². The van der Waals surface area contributed by atoms with Crippen molar-refractivity contribution < 1.29 is 13.2 Å². The molecule has 0 aliphatic carbocycles. The van der Waals surface area contributed by atoms with Gasteiger partial charge in [0, 0.05) is 10.8 Å². The monoisotopic (exact) mass is 259 g/mol. The minimum atomic E-state index is -2.85. The van der Waals surface area contributed by atoms with E-state index < -0.39 is 9.84 Å². The van der Waals surface area contributed by atoms with E-state index in [1.54, 1.807) is 5.38 Å². The molecule has 2 heterocycles. The second-order valence-corrected chi connectivity index (χ2v) is 7.57. The van der Waals surface area contributed by atoms with Gasteiger partial charge in [0.15, 0.2) is 6.29 Å². The molecule has 0 spiro atoms. The molecule has 0 aromatic carbocycles. The SMILES string of the molecule is CC1(c2nc(C=O)cs2)CCS(=O)(=O)CC1. The molecule has 0 radical (unpaired) electrons. The lowest BCUT2D eigenvalue weighted by molar-refractivity contribution is 0.111. The third kappa shape index (κ3) is 2.17. The number of nitrogens with zero attached hydrogens (tertiary/aromatic N) is 1. The minimum absolute atomic E-state index is 0.183. The molecule has 6 heteroatoms. The summed E-state index contributed by atoms with van der Waals surface area (Å²) in [6, 6.07) is 0. The smallest absolute Gasteiger partial charge is 0.169 e. The van der Waals surface area contributed by atoms with Crippen LogP contribution >= 0.6 is 11.3 Å². The van der Waals surface area contributed by atoms with E-state index in [1.807, 2.05) is 6.92 Å². The molecule has 2 rings (SSSR count). The summed E-state index contributed by atoms with van der Waals surface area (Å²) < 4.78 is 22.7. The average molecular weight is 259 g/mol. The Morgan fingerprint density at radius 3 is 2.56 bits per heavy atom. The van der Waals surface area contributed by atoms with E-state index >= 15 is 0 Å². The molecule has 4 nitrogen and oxygen atoms in total. The predicted molar refractivity (Wildman–Crippen MR) is 62.7 cm³/mol. The number of sulfone groups is 1. The molecule has 0 unspecified atom stereocenters. The van der Waals surface area contributed by atoms with E-state index in [0.29, 0.717) is 18.5 Å². The zero-order chi connectivity index (χ0) is 11.8. The molecule has 1 fully saturated rings. The number of hydrogen-bond donors (Lipinski definition) is 0. The zero-order valence-corrected chi connectivity index (χ0v) is 10.6. The van der Waals surface area contributed by atoms with Gasteiger partial charge >= 0.3 is 0 Å². The molecule has 1 aromatic rings. The first-order valence-electron chi connectivity index (χ1n) is 5.07. The van der Waals surface area contributed by atoms with Crippen LogP contribution in [0.5, 0.6) is 0 Å². The first-order valence-corrected chi connectivity index (χ1v) is 7.77. The van der Waals surface area contributed by atoms with Gasteiger partial charge in [0.1, 0.15) is 15.5 Å². The molecular formula is C10H13NO3S2. The molecule has 0 saturated carbocycles. The lowest BCUT2D eigenvalue weighted by Gasteiger charge is -2.31. The molecule has 0 atom stereocenters. The Labute approximate surface area is 98.6 Å².